The second kappa shape index (κ2) is 7.48. The van der Waals surface area contributed by atoms with Crippen LogP contribution in [-0.2, 0) is 4.74 Å². The van der Waals surface area contributed by atoms with Gasteiger partial charge in [0.15, 0.2) is 0 Å². The fourth-order valence-corrected chi connectivity index (χ4v) is 1.91. The van der Waals surface area contributed by atoms with Gasteiger partial charge in [-0.2, -0.15) is 0 Å². The van der Waals surface area contributed by atoms with E-state index in [1.807, 2.05) is 13.8 Å². The lowest BCUT2D eigenvalue weighted by Crippen LogP contribution is -2.33. The maximum absolute atomic E-state index is 13.1. The number of hydrogen-bond acceptors (Lipinski definition) is 2. The van der Waals surface area contributed by atoms with E-state index in [0.29, 0.717) is 36.3 Å². The monoisotopic (exact) mass is 317 g/mol. The molecule has 0 aliphatic rings. The zero-order valence-corrected chi connectivity index (χ0v) is 12.2. The summed E-state index contributed by atoms with van der Waals surface area (Å²) in [6.07, 6.45) is 0. The lowest BCUT2D eigenvalue weighted by molar-refractivity contribution is 0.0669. The number of amides is 1. The molecule has 5 heteroatoms. The van der Waals surface area contributed by atoms with Crippen LogP contribution in [0, 0.1) is 5.82 Å². The summed E-state index contributed by atoms with van der Waals surface area (Å²) in [6.45, 7) is 6.10. The molecule has 0 saturated carbocycles. The minimum Gasteiger partial charge on any atom is -0.380 e. The molecule has 0 N–H and O–H groups in total. The van der Waals surface area contributed by atoms with Crippen LogP contribution in [0.15, 0.2) is 22.7 Å². The van der Waals surface area contributed by atoms with Gasteiger partial charge in [-0.1, -0.05) is 0 Å². The van der Waals surface area contributed by atoms with Gasteiger partial charge in [-0.3, -0.25) is 4.79 Å². The second-order valence-corrected chi connectivity index (χ2v) is 4.56. The van der Waals surface area contributed by atoms with Crippen LogP contribution in [-0.4, -0.2) is 37.1 Å². The van der Waals surface area contributed by atoms with Gasteiger partial charge in [0.05, 0.1) is 11.1 Å². The van der Waals surface area contributed by atoms with E-state index in [4.69, 9.17) is 4.74 Å². The summed E-state index contributed by atoms with van der Waals surface area (Å²) in [6, 6.07) is 4.28. The maximum Gasteiger partial charge on any atom is 0.253 e. The van der Waals surface area contributed by atoms with Crippen LogP contribution in [0.4, 0.5) is 4.39 Å². The highest BCUT2D eigenvalue weighted by atomic mass is 79.9. The number of carbonyl (C=O) groups excluding carboxylic acids is 1. The molecule has 1 aromatic rings. The molecule has 0 fully saturated rings. The van der Waals surface area contributed by atoms with Gasteiger partial charge in [-0.25, -0.2) is 4.39 Å². The van der Waals surface area contributed by atoms with E-state index >= 15 is 0 Å². The zero-order chi connectivity index (χ0) is 13.5. The highest BCUT2D eigenvalue weighted by Crippen LogP contribution is 2.18. The molecule has 0 aliphatic carbocycles. The van der Waals surface area contributed by atoms with Crippen molar-refractivity contribution in [3.05, 3.63) is 34.1 Å². The highest BCUT2D eigenvalue weighted by Gasteiger charge is 2.15. The van der Waals surface area contributed by atoms with E-state index in [1.165, 1.54) is 18.2 Å². The van der Waals surface area contributed by atoms with Crippen LogP contribution >= 0.6 is 15.9 Å². The predicted octanol–water partition coefficient (Wildman–Crippen LogP) is 3.09. The lowest BCUT2D eigenvalue weighted by atomic mass is 10.2. The number of ether oxygens (including phenoxy) is 1. The molecule has 1 aromatic carbocycles. The fourth-order valence-electron chi connectivity index (χ4n) is 1.53. The third-order valence-electron chi connectivity index (χ3n) is 2.55. The largest absolute Gasteiger partial charge is 0.380 e. The first-order valence-corrected chi connectivity index (χ1v) is 6.71. The van der Waals surface area contributed by atoms with Gasteiger partial charge >= 0.3 is 0 Å². The summed E-state index contributed by atoms with van der Waals surface area (Å²) in [5.74, 6) is -0.484. The number of hydrogen-bond donors (Lipinski definition) is 0. The molecule has 0 aromatic heterocycles. The Kier molecular flexibility index (Phi) is 6.29. The molecule has 0 bridgehead atoms. The summed E-state index contributed by atoms with van der Waals surface area (Å²) in [5, 5.41) is 0. The van der Waals surface area contributed by atoms with Crippen LogP contribution in [0.5, 0.6) is 0 Å². The van der Waals surface area contributed by atoms with E-state index in [0.717, 1.165) is 0 Å². The lowest BCUT2D eigenvalue weighted by Gasteiger charge is -2.20. The molecule has 0 atom stereocenters. The van der Waals surface area contributed by atoms with Crippen molar-refractivity contribution < 1.29 is 13.9 Å². The average molecular weight is 318 g/mol. The second-order valence-electron chi connectivity index (χ2n) is 3.71. The third kappa shape index (κ3) is 4.07. The Balaban J connectivity index is 2.73. The Bertz CT molecular complexity index is 412. The molecule has 0 aliphatic heterocycles. The van der Waals surface area contributed by atoms with E-state index in [-0.39, 0.29) is 11.7 Å². The van der Waals surface area contributed by atoms with E-state index in [9.17, 15) is 9.18 Å². The molecule has 18 heavy (non-hydrogen) atoms. The number of likely N-dealkylation sites (N-methyl/N-ethyl adjacent to an activating group) is 1. The molecule has 0 unspecified atom stereocenters. The van der Waals surface area contributed by atoms with E-state index < -0.39 is 0 Å². The number of halogens is 2. The van der Waals surface area contributed by atoms with Crippen LogP contribution in [0.3, 0.4) is 0 Å². The van der Waals surface area contributed by atoms with Crippen LogP contribution in [0.25, 0.3) is 0 Å². The summed E-state index contributed by atoms with van der Waals surface area (Å²) >= 11 is 3.08. The molecular formula is C13H17BrFNO2. The Labute approximate surface area is 115 Å². The average Bonchev–Trinajstić information content (AvgIpc) is 2.37. The van der Waals surface area contributed by atoms with Gasteiger partial charge in [0, 0.05) is 25.3 Å². The van der Waals surface area contributed by atoms with Crippen molar-refractivity contribution in [1.82, 2.24) is 4.90 Å². The Morgan fingerprint density at radius 2 is 2.17 bits per heavy atom. The van der Waals surface area contributed by atoms with Crippen LogP contribution < -0.4 is 0 Å². The number of rotatable bonds is 6. The summed E-state index contributed by atoms with van der Waals surface area (Å²) in [5.41, 5.74) is 0.474. The standard InChI is InChI=1S/C13H17BrFNO2/c1-3-16(7-8-18-4-2)13(17)10-5-6-12(15)11(14)9-10/h5-6,9H,3-4,7-8H2,1-2H3. The molecule has 1 rings (SSSR count). The normalized spacial score (nSPS) is 10.4. The van der Waals surface area contributed by atoms with Gasteiger partial charge in [-0.05, 0) is 48.0 Å². The molecule has 1 amide bonds. The Morgan fingerprint density at radius 3 is 2.72 bits per heavy atom. The maximum atomic E-state index is 13.1. The van der Waals surface area contributed by atoms with E-state index in [2.05, 4.69) is 15.9 Å². The van der Waals surface area contributed by atoms with Crippen LogP contribution in [0.1, 0.15) is 24.2 Å². The number of nitrogens with zero attached hydrogens (tertiary/aromatic N) is 1. The summed E-state index contributed by atoms with van der Waals surface area (Å²) in [7, 11) is 0. The molecule has 0 radical (unpaired) electrons. The third-order valence-corrected chi connectivity index (χ3v) is 3.15. The van der Waals surface area contributed by atoms with Gasteiger partial charge in [0.1, 0.15) is 5.82 Å². The molecule has 3 nitrogen and oxygen atoms in total. The van der Waals surface area contributed by atoms with Gasteiger partial charge < -0.3 is 9.64 Å². The summed E-state index contributed by atoms with van der Waals surface area (Å²) in [4.78, 5) is 13.8. The molecule has 100 valence electrons. The summed E-state index contributed by atoms with van der Waals surface area (Å²) < 4.78 is 18.6. The van der Waals surface area contributed by atoms with Crippen molar-refractivity contribution in [3.8, 4) is 0 Å². The SMILES string of the molecule is CCOCCN(CC)C(=O)c1ccc(F)c(Br)c1. The first-order chi connectivity index (χ1) is 8.60. The first kappa shape index (κ1) is 15.1. The quantitative estimate of drug-likeness (QED) is 0.755. The Morgan fingerprint density at radius 1 is 1.44 bits per heavy atom. The topological polar surface area (TPSA) is 29.5 Å². The van der Waals surface area contributed by atoms with Crippen LogP contribution in [0.2, 0.25) is 0 Å². The van der Waals surface area contributed by atoms with Gasteiger partial charge in [-0.15, -0.1) is 0 Å². The van der Waals surface area contributed by atoms with Gasteiger partial charge in [0.2, 0.25) is 0 Å². The van der Waals surface area contributed by atoms with Crippen molar-refractivity contribution in [1.29, 1.82) is 0 Å². The van der Waals surface area contributed by atoms with Crippen molar-refractivity contribution in [2.45, 2.75) is 13.8 Å². The minimum absolute atomic E-state index is 0.113. The van der Waals surface area contributed by atoms with Crippen molar-refractivity contribution in [2.75, 3.05) is 26.3 Å². The smallest absolute Gasteiger partial charge is 0.253 e. The first-order valence-electron chi connectivity index (χ1n) is 5.92. The molecule has 0 heterocycles. The van der Waals surface area contributed by atoms with Crippen molar-refractivity contribution >= 4 is 21.8 Å². The number of benzene rings is 1. The molecule has 0 saturated heterocycles. The Hall–Kier alpha value is -0.940. The highest BCUT2D eigenvalue weighted by molar-refractivity contribution is 9.10. The van der Waals surface area contributed by atoms with Crippen molar-refractivity contribution in [2.24, 2.45) is 0 Å². The molecule has 0 spiro atoms. The van der Waals surface area contributed by atoms with Gasteiger partial charge in [0.25, 0.3) is 5.91 Å². The van der Waals surface area contributed by atoms with Crippen molar-refractivity contribution in [3.63, 3.8) is 0 Å². The van der Waals surface area contributed by atoms with E-state index in [1.54, 1.807) is 4.90 Å². The fraction of sp³-hybridized carbons (Fsp3) is 0.462. The molecular weight excluding hydrogens is 301 g/mol. The minimum atomic E-state index is -0.371. The predicted molar refractivity (Wildman–Crippen MR) is 72.2 cm³/mol. The number of carbonyl (C=O) groups is 1. The zero-order valence-electron chi connectivity index (χ0n) is 10.6.